The summed E-state index contributed by atoms with van der Waals surface area (Å²) in [6.45, 7) is 6.25. The number of carbonyl (C=O) groups excluding carboxylic acids is 3. The van der Waals surface area contributed by atoms with Crippen molar-refractivity contribution in [2.75, 3.05) is 13.2 Å². The Bertz CT molecular complexity index is 1370. The van der Waals surface area contributed by atoms with Gasteiger partial charge < -0.3 is 14.2 Å². The molecule has 0 bridgehead atoms. The molecule has 6 heteroatoms. The summed E-state index contributed by atoms with van der Waals surface area (Å²) >= 11 is 0. The smallest absolute Gasteiger partial charge is 0.306 e. The second-order valence-electron chi connectivity index (χ2n) is 16.0. The van der Waals surface area contributed by atoms with Gasteiger partial charge in [-0.25, -0.2) is 0 Å². The van der Waals surface area contributed by atoms with Gasteiger partial charge in [-0.3, -0.25) is 14.4 Å². The molecule has 0 aliphatic carbocycles. The first-order chi connectivity index (χ1) is 31.0. The lowest BCUT2D eigenvalue weighted by Gasteiger charge is -2.18. The summed E-state index contributed by atoms with van der Waals surface area (Å²) in [5, 5.41) is 0. The minimum Gasteiger partial charge on any atom is -0.462 e. The summed E-state index contributed by atoms with van der Waals surface area (Å²) in [6.07, 6.45) is 69.1. The predicted octanol–water partition coefficient (Wildman–Crippen LogP) is 16.5. The molecule has 0 aromatic rings. The van der Waals surface area contributed by atoms with Gasteiger partial charge in [-0.15, -0.1) is 0 Å². The maximum atomic E-state index is 12.7. The molecule has 0 saturated carbocycles. The number of hydrogen-bond acceptors (Lipinski definition) is 6. The zero-order chi connectivity index (χ0) is 45.8. The van der Waals surface area contributed by atoms with Gasteiger partial charge in [-0.1, -0.05) is 187 Å². The maximum absolute atomic E-state index is 12.7. The summed E-state index contributed by atoms with van der Waals surface area (Å²) in [5.74, 6) is -1.06. The fraction of sp³-hybridized carbons (Fsp3) is 0.596. The van der Waals surface area contributed by atoms with E-state index in [-0.39, 0.29) is 31.6 Å². The van der Waals surface area contributed by atoms with Gasteiger partial charge in [0.05, 0.1) is 0 Å². The van der Waals surface area contributed by atoms with E-state index in [2.05, 4.69) is 130 Å². The largest absolute Gasteiger partial charge is 0.462 e. The maximum Gasteiger partial charge on any atom is 0.306 e. The van der Waals surface area contributed by atoms with Crippen LogP contribution in [0.1, 0.15) is 201 Å². The van der Waals surface area contributed by atoms with Crippen molar-refractivity contribution in [3.8, 4) is 0 Å². The molecule has 0 aromatic carbocycles. The molecular formula is C57H90O6. The molecule has 0 fully saturated rings. The van der Waals surface area contributed by atoms with E-state index in [0.717, 1.165) is 116 Å². The quantitative estimate of drug-likeness (QED) is 0.0263. The van der Waals surface area contributed by atoms with Crippen molar-refractivity contribution in [1.29, 1.82) is 0 Å². The highest BCUT2D eigenvalue weighted by Crippen LogP contribution is 2.12. The second kappa shape index (κ2) is 50.5. The van der Waals surface area contributed by atoms with Crippen molar-refractivity contribution in [2.24, 2.45) is 0 Å². The molecule has 63 heavy (non-hydrogen) atoms. The Morgan fingerprint density at radius 1 is 0.333 bits per heavy atom. The Labute approximate surface area is 386 Å². The van der Waals surface area contributed by atoms with E-state index in [9.17, 15) is 14.4 Å². The van der Waals surface area contributed by atoms with Crippen LogP contribution < -0.4 is 0 Å². The van der Waals surface area contributed by atoms with Gasteiger partial charge >= 0.3 is 17.9 Å². The summed E-state index contributed by atoms with van der Waals surface area (Å²) in [6, 6.07) is 0. The SMILES string of the molecule is CC/C=C\C/C=C\C/C=C\C/C=C\CCC(=O)OC(COC(=O)CCCCC/C=C\C/C=C\C/C=C\CC)COC(=O)CCCCCCCC/C=C\C/C=C\C/C=C\CCCCC. The molecule has 0 spiro atoms. The monoisotopic (exact) mass is 871 g/mol. The van der Waals surface area contributed by atoms with E-state index in [0.29, 0.717) is 19.3 Å². The molecule has 0 saturated heterocycles. The number of ether oxygens (including phenoxy) is 3. The molecule has 0 aromatic heterocycles. The van der Waals surface area contributed by atoms with Crippen molar-refractivity contribution in [3.05, 3.63) is 122 Å². The van der Waals surface area contributed by atoms with Crippen molar-refractivity contribution < 1.29 is 28.6 Å². The van der Waals surface area contributed by atoms with Crippen LogP contribution in [0.2, 0.25) is 0 Å². The Morgan fingerprint density at radius 2 is 0.651 bits per heavy atom. The molecule has 0 N–H and O–H groups in total. The summed E-state index contributed by atoms with van der Waals surface area (Å²) in [4.78, 5) is 37.9. The number of carbonyl (C=O) groups is 3. The van der Waals surface area contributed by atoms with Crippen LogP contribution in [-0.2, 0) is 28.6 Å². The minimum atomic E-state index is -0.836. The Balaban J connectivity index is 4.52. The molecule has 0 rings (SSSR count). The molecule has 0 aliphatic rings. The summed E-state index contributed by atoms with van der Waals surface area (Å²) < 4.78 is 16.7. The zero-order valence-electron chi connectivity index (χ0n) is 40.3. The van der Waals surface area contributed by atoms with Gasteiger partial charge in [0.25, 0.3) is 0 Å². The first-order valence-corrected chi connectivity index (χ1v) is 25.0. The lowest BCUT2D eigenvalue weighted by atomic mass is 10.1. The number of unbranched alkanes of at least 4 members (excludes halogenated alkanes) is 12. The number of allylic oxidation sites excluding steroid dienone is 20. The fourth-order valence-electron chi connectivity index (χ4n) is 6.24. The van der Waals surface area contributed by atoms with E-state index >= 15 is 0 Å². The fourth-order valence-corrected chi connectivity index (χ4v) is 6.24. The van der Waals surface area contributed by atoms with Gasteiger partial charge in [0, 0.05) is 19.3 Å². The van der Waals surface area contributed by atoms with Crippen LogP contribution in [0.15, 0.2) is 122 Å². The molecule has 0 amide bonds. The van der Waals surface area contributed by atoms with Gasteiger partial charge in [0.2, 0.25) is 0 Å². The van der Waals surface area contributed by atoms with E-state index in [4.69, 9.17) is 14.2 Å². The van der Waals surface area contributed by atoms with E-state index in [1.807, 2.05) is 12.2 Å². The predicted molar refractivity (Wildman–Crippen MR) is 269 cm³/mol. The topological polar surface area (TPSA) is 78.9 Å². The van der Waals surface area contributed by atoms with Crippen molar-refractivity contribution in [1.82, 2.24) is 0 Å². The highest BCUT2D eigenvalue weighted by Gasteiger charge is 2.19. The molecule has 354 valence electrons. The molecule has 0 aliphatic heterocycles. The van der Waals surface area contributed by atoms with Gasteiger partial charge in [0.15, 0.2) is 6.10 Å². The molecule has 1 atom stereocenters. The standard InChI is InChI=1S/C57H90O6/c1-4-7-10-13-16-19-22-25-26-27-28-29-30-33-35-38-41-44-47-50-56(59)62-53-54(63-57(60)51-48-45-42-39-36-32-24-21-18-15-12-9-6-3)52-61-55(58)49-46-43-40-37-34-31-23-20-17-14-11-8-5-2/h8-9,11-12,16-21,25-26,28-29,31-32,34,36,42,45,54H,4-7,10,13-15,22-24,27,30,33,35,37-41,43-44,46-53H2,1-3H3/b11-8-,12-9-,19-16-,20-17-,21-18-,26-25-,29-28-,34-31-,36-32-,45-42-. The lowest BCUT2D eigenvalue weighted by molar-refractivity contribution is -0.166. The van der Waals surface area contributed by atoms with Crippen molar-refractivity contribution >= 4 is 17.9 Å². The zero-order valence-corrected chi connectivity index (χ0v) is 40.3. The van der Waals surface area contributed by atoms with E-state index in [1.165, 1.54) is 38.5 Å². The van der Waals surface area contributed by atoms with Gasteiger partial charge in [-0.2, -0.15) is 0 Å². The highest BCUT2D eigenvalue weighted by molar-refractivity contribution is 5.71. The number of esters is 3. The van der Waals surface area contributed by atoms with Crippen LogP contribution in [0.25, 0.3) is 0 Å². The normalized spacial score (nSPS) is 13.1. The molecule has 0 radical (unpaired) electrons. The van der Waals surface area contributed by atoms with Crippen LogP contribution in [0, 0.1) is 0 Å². The first-order valence-electron chi connectivity index (χ1n) is 25.0. The second-order valence-corrected chi connectivity index (χ2v) is 16.0. The van der Waals surface area contributed by atoms with Gasteiger partial charge in [0.1, 0.15) is 13.2 Å². The van der Waals surface area contributed by atoms with Gasteiger partial charge in [-0.05, 0) is 116 Å². The van der Waals surface area contributed by atoms with Crippen molar-refractivity contribution in [3.63, 3.8) is 0 Å². The minimum absolute atomic E-state index is 0.127. The Hall–Kier alpha value is -4.19. The summed E-state index contributed by atoms with van der Waals surface area (Å²) in [7, 11) is 0. The van der Waals surface area contributed by atoms with Crippen LogP contribution in [-0.4, -0.2) is 37.2 Å². The molecular weight excluding hydrogens is 781 g/mol. The number of hydrogen-bond donors (Lipinski definition) is 0. The van der Waals surface area contributed by atoms with Crippen LogP contribution in [0.5, 0.6) is 0 Å². The van der Waals surface area contributed by atoms with Crippen LogP contribution in [0.3, 0.4) is 0 Å². The molecule has 6 nitrogen and oxygen atoms in total. The first kappa shape index (κ1) is 58.8. The lowest BCUT2D eigenvalue weighted by Crippen LogP contribution is -2.30. The average molecular weight is 871 g/mol. The number of rotatable bonds is 43. The van der Waals surface area contributed by atoms with Crippen LogP contribution in [0.4, 0.5) is 0 Å². The average Bonchev–Trinajstić information content (AvgIpc) is 3.28. The highest BCUT2D eigenvalue weighted by atomic mass is 16.6. The van der Waals surface area contributed by atoms with E-state index in [1.54, 1.807) is 0 Å². The molecule has 0 heterocycles. The third kappa shape index (κ3) is 48.7. The van der Waals surface area contributed by atoms with Crippen molar-refractivity contribution in [2.45, 2.75) is 207 Å². The third-order valence-electron chi connectivity index (χ3n) is 9.94. The molecule has 1 unspecified atom stereocenters. The summed E-state index contributed by atoms with van der Waals surface area (Å²) in [5.41, 5.74) is 0. The van der Waals surface area contributed by atoms with Crippen LogP contribution >= 0.6 is 0 Å². The third-order valence-corrected chi connectivity index (χ3v) is 9.94. The Morgan fingerprint density at radius 3 is 1.05 bits per heavy atom. The Kier molecular flexibility index (Phi) is 47.1. The van der Waals surface area contributed by atoms with E-state index < -0.39 is 12.1 Å².